The molecule has 3 aliphatic heterocycles. The third kappa shape index (κ3) is 5.16. The molecule has 0 aliphatic carbocycles. The number of para-hydroxylation sites is 1. The number of amides is 2. The van der Waals surface area contributed by atoms with Crippen molar-refractivity contribution >= 4 is 17.8 Å². The number of nitrogens with zero attached hydrogens (tertiary/aromatic N) is 1. The van der Waals surface area contributed by atoms with Gasteiger partial charge in [0.05, 0.1) is 31.7 Å². The number of carbonyl (C=O) groups is 2. The summed E-state index contributed by atoms with van der Waals surface area (Å²) in [5.41, 5.74) is 1.21. The molecule has 1 fully saturated rings. The van der Waals surface area contributed by atoms with Crippen LogP contribution in [0, 0.1) is 17.2 Å². The Balaban J connectivity index is 1.48. The molecule has 41 heavy (non-hydrogen) atoms. The van der Waals surface area contributed by atoms with Crippen LogP contribution in [0.2, 0.25) is 0 Å². The topological polar surface area (TPSA) is 113 Å². The summed E-state index contributed by atoms with van der Waals surface area (Å²) in [5, 5.41) is 15.5. The summed E-state index contributed by atoms with van der Waals surface area (Å²) in [6.45, 7) is 10.9. The van der Waals surface area contributed by atoms with Crippen molar-refractivity contribution < 1.29 is 23.8 Å². The van der Waals surface area contributed by atoms with Crippen molar-refractivity contribution in [3.8, 4) is 11.5 Å². The molecule has 3 heterocycles. The number of hydrogen-bond acceptors (Lipinski definition) is 6. The molecule has 5 rings (SSSR count). The number of methoxy groups -OCH3 is 1. The maximum absolute atomic E-state index is 13.8. The molecule has 2 aromatic carbocycles. The van der Waals surface area contributed by atoms with Gasteiger partial charge < -0.3 is 24.8 Å². The zero-order valence-electron chi connectivity index (χ0n) is 24.9. The summed E-state index contributed by atoms with van der Waals surface area (Å²) in [7, 11) is 1.62. The molecule has 0 spiro atoms. The van der Waals surface area contributed by atoms with Crippen molar-refractivity contribution in [2.75, 3.05) is 20.3 Å². The average molecular weight is 563 g/mol. The van der Waals surface area contributed by atoms with E-state index in [2.05, 4.69) is 17.6 Å². The molecule has 3 aliphatic rings. The van der Waals surface area contributed by atoms with Gasteiger partial charge in [0.25, 0.3) is 5.91 Å². The third-order valence-corrected chi connectivity index (χ3v) is 9.40. The van der Waals surface area contributed by atoms with Crippen molar-refractivity contribution in [3.63, 3.8) is 0 Å². The highest BCUT2D eigenvalue weighted by molar-refractivity contribution is 6.00. The molecule has 4 atom stereocenters. The van der Waals surface area contributed by atoms with Crippen LogP contribution >= 0.6 is 0 Å². The highest BCUT2D eigenvalue weighted by Crippen LogP contribution is 2.45. The first-order valence-corrected chi connectivity index (χ1v) is 14.6. The van der Waals surface area contributed by atoms with E-state index in [4.69, 9.17) is 19.6 Å². The van der Waals surface area contributed by atoms with E-state index < -0.39 is 17.2 Å². The van der Waals surface area contributed by atoms with Gasteiger partial charge in [0.15, 0.2) is 5.96 Å². The lowest BCUT2D eigenvalue weighted by atomic mass is 9.79. The highest BCUT2D eigenvalue weighted by atomic mass is 16.5. The lowest BCUT2D eigenvalue weighted by Gasteiger charge is -2.47. The Bertz CT molecular complexity index is 1320. The van der Waals surface area contributed by atoms with Crippen LogP contribution in [0.5, 0.6) is 11.5 Å². The van der Waals surface area contributed by atoms with Crippen LogP contribution in [0.25, 0.3) is 0 Å². The van der Waals surface area contributed by atoms with Gasteiger partial charge in [0, 0.05) is 41.2 Å². The molecule has 9 nitrogen and oxygen atoms in total. The minimum absolute atomic E-state index is 0.0102. The first kappa shape index (κ1) is 28.9. The highest BCUT2D eigenvalue weighted by Gasteiger charge is 2.47. The fraction of sp³-hybridized carbons (Fsp3) is 0.531. The number of fused-ring (bicyclic) bond motifs is 2. The summed E-state index contributed by atoms with van der Waals surface area (Å²) in [4.78, 5) is 29.0. The predicted octanol–water partition coefficient (Wildman–Crippen LogP) is 4.98. The Morgan fingerprint density at radius 2 is 1.88 bits per heavy atom. The van der Waals surface area contributed by atoms with Crippen LogP contribution in [0.3, 0.4) is 0 Å². The van der Waals surface area contributed by atoms with Gasteiger partial charge in [-0.3, -0.25) is 19.9 Å². The van der Waals surface area contributed by atoms with Gasteiger partial charge in [-0.1, -0.05) is 39.0 Å². The molecule has 0 unspecified atom stereocenters. The summed E-state index contributed by atoms with van der Waals surface area (Å²) < 4.78 is 17.8. The zero-order valence-corrected chi connectivity index (χ0v) is 24.9. The number of rotatable bonds is 7. The third-order valence-electron chi connectivity index (χ3n) is 9.40. The SMILES string of the molecule is CCC1(CC)CC(=O)N([C@H]2c3cc(C(=O)N[C@@H]4c5ccccc5OC(C)(C)[C@H]4C)ccc3OC[C@H]2COC)C(=N)N1. The van der Waals surface area contributed by atoms with Crippen molar-refractivity contribution in [2.24, 2.45) is 11.8 Å². The van der Waals surface area contributed by atoms with Crippen molar-refractivity contribution in [3.05, 3.63) is 59.2 Å². The van der Waals surface area contributed by atoms with Gasteiger partial charge in [-0.15, -0.1) is 0 Å². The number of guanidine groups is 1. The van der Waals surface area contributed by atoms with Gasteiger partial charge in [-0.05, 0) is 51.0 Å². The molecule has 220 valence electrons. The standard InChI is InChI=1S/C32H42N4O5/c1-7-32(8-2)16-26(37)36(30(33)35-32)28-21(17-39-6)18-40-24-14-13-20(15-23(24)28)29(38)34-27-19(3)31(4,5)41-25-12-10-9-11-22(25)27/h9-15,19,21,27-28H,7-8,16-18H2,1-6H3,(H2,33,35)(H,34,38)/t19-,21+,27-,28+/m0/s1. The Kier molecular flexibility index (Phi) is 7.76. The summed E-state index contributed by atoms with van der Waals surface area (Å²) in [5.74, 6) is 0.917. The van der Waals surface area contributed by atoms with Crippen molar-refractivity contribution in [2.45, 2.75) is 77.1 Å². The number of carbonyl (C=O) groups excluding carboxylic acids is 2. The summed E-state index contributed by atoms with van der Waals surface area (Å²) >= 11 is 0. The quantitative estimate of drug-likeness (QED) is 0.439. The maximum atomic E-state index is 13.8. The Morgan fingerprint density at radius 3 is 2.56 bits per heavy atom. The van der Waals surface area contributed by atoms with E-state index in [0.717, 1.165) is 24.2 Å². The first-order chi connectivity index (χ1) is 19.5. The van der Waals surface area contributed by atoms with Crippen LogP contribution in [-0.4, -0.2) is 54.1 Å². The lowest BCUT2D eigenvalue weighted by molar-refractivity contribution is -0.134. The summed E-state index contributed by atoms with van der Waals surface area (Å²) in [6.07, 6.45) is 1.78. The van der Waals surface area contributed by atoms with Gasteiger partial charge in [0.2, 0.25) is 5.91 Å². The Morgan fingerprint density at radius 1 is 1.15 bits per heavy atom. The number of hydrogen-bond donors (Lipinski definition) is 3. The number of ether oxygens (including phenoxy) is 3. The molecule has 2 amide bonds. The molecule has 1 saturated heterocycles. The normalized spacial score (nSPS) is 26.1. The fourth-order valence-corrected chi connectivity index (χ4v) is 6.43. The van der Waals surface area contributed by atoms with E-state index >= 15 is 0 Å². The van der Waals surface area contributed by atoms with Crippen LogP contribution in [0.15, 0.2) is 42.5 Å². The molecule has 3 N–H and O–H groups in total. The van der Waals surface area contributed by atoms with Crippen molar-refractivity contribution in [1.29, 1.82) is 5.41 Å². The molecule has 0 radical (unpaired) electrons. The summed E-state index contributed by atoms with van der Waals surface area (Å²) in [6, 6.07) is 12.4. The smallest absolute Gasteiger partial charge is 0.251 e. The Hall–Kier alpha value is -3.59. The Labute approximate surface area is 242 Å². The van der Waals surface area contributed by atoms with Crippen LogP contribution in [-0.2, 0) is 9.53 Å². The van der Waals surface area contributed by atoms with Crippen LogP contribution in [0.4, 0.5) is 0 Å². The van der Waals surface area contributed by atoms with Gasteiger partial charge in [-0.25, -0.2) is 0 Å². The minimum Gasteiger partial charge on any atom is -0.493 e. The lowest BCUT2D eigenvalue weighted by Crippen LogP contribution is -2.63. The van der Waals surface area contributed by atoms with E-state index in [0.29, 0.717) is 36.5 Å². The zero-order chi connectivity index (χ0) is 29.5. The van der Waals surface area contributed by atoms with Gasteiger partial charge >= 0.3 is 0 Å². The monoisotopic (exact) mass is 562 g/mol. The second kappa shape index (κ2) is 11.0. The maximum Gasteiger partial charge on any atom is 0.251 e. The van der Waals surface area contributed by atoms with E-state index in [1.54, 1.807) is 25.3 Å². The van der Waals surface area contributed by atoms with Crippen molar-refractivity contribution in [1.82, 2.24) is 15.5 Å². The molecule has 2 aromatic rings. The first-order valence-electron chi connectivity index (χ1n) is 14.6. The van der Waals surface area contributed by atoms with E-state index in [1.165, 1.54) is 4.90 Å². The van der Waals surface area contributed by atoms with E-state index in [-0.39, 0.29) is 35.7 Å². The minimum atomic E-state index is -0.507. The van der Waals surface area contributed by atoms with E-state index in [1.807, 2.05) is 52.0 Å². The molecule has 0 aromatic heterocycles. The number of nitrogens with one attached hydrogen (secondary N) is 3. The molecular formula is C32H42N4O5. The molecular weight excluding hydrogens is 520 g/mol. The molecule has 9 heteroatoms. The largest absolute Gasteiger partial charge is 0.493 e. The van der Waals surface area contributed by atoms with Gasteiger partial charge in [-0.2, -0.15) is 0 Å². The average Bonchev–Trinajstić information content (AvgIpc) is 2.95. The van der Waals surface area contributed by atoms with Crippen LogP contribution < -0.4 is 20.1 Å². The van der Waals surface area contributed by atoms with E-state index in [9.17, 15) is 9.59 Å². The van der Waals surface area contributed by atoms with Crippen LogP contribution in [0.1, 0.15) is 87.4 Å². The molecule has 0 saturated carbocycles. The number of benzene rings is 2. The molecule has 0 bridgehead atoms. The van der Waals surface area contributed by atoms with Gasteiger partial charge in [0.1, 0.15) is 17.1 Å². The fourth-order valence-electron chi connectivity index (χ4n) is 6.43. The second-order valence-electron chi connectivity index (χ2n) is 12.1. The predicted molar refractivity (Wildman–Crippen MR) is 156 cm³/mol. The second-order valence-corrected chi connectivity index (χ2v) is 12.1.